The number of hydrogen-bond donors (Lipinski definition) is 0. The van der Waals surface area contributed by atoms with Crippen molar-refractivity contribution < 1.29 is 9.47 Å². The molecule has 0 heterocycles. The van der Waals surface area contributed by atoms with Gasteiger partial charge in [0.25, 0.3) is 0 Å². The number of nitrogens with zero attached hydrogens (tertiary/aromatic N) is 3. The number of benzene rings is 3. The standard InChI is InChI=1S/C8H4N2.C8H7N.C6H6.2C2H6O/c1-9-7-5-3-4-6-8(7)10-2;1-7-4-2-3-5-8(7)6-9;1-2-4-6-5-3-1;2*1-3-2/h3-6H;2-5H,1H3;1-6H;2*1-2H3. The van der Waals surface area contributed by atoms with Crippen molar-refractivity contribution in [3.8, 4) is 6.07 Å². The van der Waals surface area contributed by atoms with Crippen molar-refractivity contribution in [3.63, 3.8) is 0 Å². The Bertz CT molecular complexity index is 875. The van der Waals surface area contributed by atoms with Crippen LogP contribution in [0.5, 0.6) is 0 Å². The average molecular weight is 416 g/mol. The summed E-state index contributed by atoms with van der Waals surface area (Å²) in [5.74, 6) is 0. The van der Waals surface area contributed by atoms with Gasteiger partial charge in [-0.3, -0.25) is 9.69 Å². The molecule has 0 aliphatic carbocycles. The van der Waals surface area contributed by atoms with Gasteiger partial charge in [0.2, 0.25) is 0 Å². The predicted molar refractivity (Wildman–Crippen MR) is 127 cm³/mol. The quantitative estimate of drug-likeness (QED) is 0.377. The van der Waals surface area contributed by atoms with E-state index in [-0.39, 0.29) is 0 Å². The summed E-state index contributed by atoms with van der Waals surface area (Å²) in [6.07, 6.45) is 0. The Kier molecular flexibility index (Phi) is 21.1. The molecule has 0 aliphatic heterocycles. The molecule has 0 aliphatic rings. The Balaban J connectivity index is 0. The zero-order chi connectivity index (χ0) is 23.7. The van der Waals surface area contributed by atoms with Crippen molar-refractivity contribution in [2.45, 2.75) is 6.92 Å². The number of ether oxygens (including phenoxy) is 2. The molecule has 31 heavy (non-hydrogen) atoms. The molecule has 0 spiro atoms. The Morgan fingerprint density at radius 2 is 0.968 bits per heavy atom. The van der Waals surface area contributed by atoms with Crippen molar-refractivity contribution >= 4 is 11.4 Å². The first kappa shape index (κ1) is 29.3. The molecular formula is C26H29N3O2. The lowest BCUT2D eigenvalue weighted by Crippen LogP contribution is -1.77. The van der Waals surface area contributed by atoms with Crippen LogP contribution in [-0.2, 0) is 9.47 Å². The summed E-state index contributed by atoms with van der Waals surface area (Å²) in [6, 6.07) is 28.4. The van der Waals surface area contributed by atoms with Gasteiger partial charge in [-0.1, -0.05) is 78.9 Å². The van der Waals surface area contributed by atoms with E-state index < -0.39 is 0 Å². The molecule has 0 saturated carbocycles. The van der Waals surface area contributed by atoms with Crippen molar-refractivity contribution in [2.24, 2.45) is 0 Å². The first-order valence-corrected chi connectivity index (χ1v) is 9.16. The molecule has 0 unspecified atom stereocenters. The van der Waals surface area contributed by atoms with Gasteiger partial charge < -0.3 is 9.47 Å². The molecule has 3 aromatic carbocycles. The first-order chi connectivity index (χ1) is 15.1. The minimum atomic E-state index is 0.428. The Hall–Kier alpha value is -3.95. The van der Waals surface area contributed by atoms with Crippen molar-refractivity contribution in [2.75, 3.05) is 28.4 Å². The molecule has 3 aromatic rings. The summed E-state index contributed by atoms with van der Waals surface area (Å²) in [5, 5.41) is 8.47. The maximum atomic E-state index is 8.47. The van der Waals surface area contributed by atoms with Crippen molar-refractivity contribution in [3.05, 3.63) is 119 Å². The van der Waals surface area contributed by atoms with Crippen LogP contribution in [0, 0.1) is 31.4 Å². The summed E-state index contributed by atoms with van der Waals surface area (Å²) in [6.45, 7) is 15.3. The second kappa shape index (κ2) is 22.3. The van der Waals surface area contributed by atoms with Gasteiger partial charge >= 0.3 is 0 Å². The highest BCUT2D eigenvalue weighted by molar-refractivity contribution is 5.69. The van der Waals surface area contributed by atoms with Crippen LogP contribution in [0.2, 0.25) is 0 Å². The van der Waals surface area contributed by atoms with Gasteiger partial charge in [-0.2, -0.15) is 5.26 Å². The first-order valence-electron chi connectivity index (χ1n) is 9.16. The van der Waals surface area contributed by atoms with E-state index >= 15 is 0 Å². The maximum absolute atomic E-state index is 8.47. The molecule has 0 fully saturated rings. The fraction of sp³-hybridized carbons (Fsp3) is 0.192. The highest BCUT2D eigenvalue weighted by Gasteiger charge is 1.96. The van der Waals surface area contributed by atoms with Crippen LogP contribution in [0.15, 0.2) is 84.9 Å². The topological polar surface area (TPSA) is 51.0 Å². The lowest BCUT2D eigenvalue weighted by Gasteiger charge is -1.90. The van der Waals surface area contributed by atoms with Gasteiger partial charge in [0.1, 0.15) is 0 Å². The fourth-order valence-electron chi connectivity index (χ4n) is 1.74. The van der Waals surface area contributed by atoms with E-state index in [4.69, 9.17) is 18.4 Å². The summed E-state index contributed by atoms with van der Waals surface area (Å²) < 4.78 is 8.50. The highest BCUT2D eigenvalue weighted by atomic mass is 16.5. The van der Waals surface area contributed by atoms with Crippen molar-refractivity contribution in [1.82, 2.24) is 0 Å². The molecule has 5 heteroatoms. The number of rotatable bonds is 0. The molecule has 0 radical (unpaired) electrons. The summed E-state index contributed by atoms with van der Waals surface area (Å²) in [5.41, 5.74) is 2.66. The van der Waals surface area contributed by atoms with Crippen LogP contribution in [0.3, 0.4) is 0 Å². The molecule has 160 valence electrons. The fourth-order valence-corrected chi connectivity index (χ4v) is 1.74. The van der Waals surface area contributed by atoms with Gasteiger partial charge in [0.05, 0.1) is 24.8 Å². The van der Waals surface area contributed by atoms with Gasteiger partial charge in [-0.05, 0) is 18.6 Å². The monoisotopic (exact) mass is 415 g/mol. The van der Waals surface area contributed by atoms with Gasteiger partial charge in [-0.15, -0.1) is 0 Å². The third-order valence-corrected chi connectivity index (χ3v) is 3.05. The Morgan fingerprint density at radius 1 is 0.645 bits per heavy atom. The second-order valence-electron chi connectivity index (χ2n) is 5.61. The summed E-state index contributed by atoms with van der Waals surface area (Å²) in [7, 11) is 6.50. The SMILES string of the molecule is COC.COC.Cc1ccccc1C#N.[C-]#[N+]c1ccccc1[N+]#[C-].c1ccccc1. The molecule has 0 saturated heterocycles. The number of hydrogen-bond acceptors (Lipinski definition) is 3. The minimum Gasteiger partial charge on any atom is -0.388 e. The lowest BCUT2D eigenvalue weighted by atomic mass is 10.1. The maximum Gasteiger partial charge on any atom is 0.194 e. The molecule has 0 aromatic heterocycles. The van der Waals surface area contributed by atoms with E-state index in [1.54, 1.807) is 52.7 Å². The van der Waals surface area contributed by atoms with Crippen molar-refractivity contribution in [1.29, 1.82) is 5.26 Å². The van der Waals surface area contributed by atoms with E-state index in [9.17, 15) is 0 Å². The van der Waals surface area contributed by atoms with E-state index in [2.05, 4.69) is 25.2 Å². The largest absolute Gasteiger partial charge is 0.388 e. The molecule has 3 rings (SSSR count). The van der Waals surface area contributed by atoms with Crippen LogP contribution < -0.4 is 0 Å². The number of aryl methyl sites for hydroxylation is 1. The molecule has 0 N–H and O–H groups in total. The van der Waals surface area contributed by atoms with Gasteiger partial charge in [0.15, 0.2) is 11.4 Å². The van der Waals surface area contributed by atoms with Gasteiger partial charge in [-0.25, -0.2) is 0 Å². The van der Waals surface area contributed by atoms with Crippen LogP contribution in [0.25, 0.3) is 9.69 Å². The van der Waals surface area contributed by atoms with Crippen LogP contribution in [0.4, 0.5) is 11.4 Å². The third-order valence-electron chi connectivity index (χ3n) is 3.05. The molecule has 0 atom stereocenters. The molecule has 5 nitrogen and oxygen atoms in total. The number of nitriles is 1. The Labute approximate surface area is 186 Å². The second-order valence-corrected chi connectivity index (χ2v) is 5.61. The van der Waals surface area contributed by atoms with E-state index in [1.807, 2.05) is 67.6 Å². The molecular weight excluding hydrogens is 386 g/mol. The van der Waals surface area contributed by atoms with E-state index in [0.717, 1.165) is 11.1 Å². The van der Waals surface area contributed by atoms with Crippen LogP contribution in [0.1, 0.15) is 11.1 Å². The van der Waals surface area contributed by atoms with Gasteiger partial charge in [0, 0.05) is 28.4 Å². The molecule has 0 amide bonds. The van der Waals surface area contributed by atoms with E-state index in [0.29, 0.717) is 11.4 Å². The minimum absolute atomic E-state index is 0.428. The number of para-hydroxylation sites is 2. The van der Waals surface area contributed by atoms with Crippen LogP contribution in [-0.4, -0.2) is 28.4 Å². The summed E-state index contributed by atoms with van der Waals surface area (Å²) in [4.78, 5) is 6.36. The van der Waals surface area contributed by atoms with Crippen LogP contribution >= 0.6 is 0 Å². The average Bonchev–Trinajstić information content (AvgIpc) is 2.82. The smallest absolute Gasteiger partial charge is 0.194 e. The zero-order valence-corrected chi connectivity index (χ0v) is 18.7. The summed E-state index contributed by atoms with van der Waals surface area (Å²) >= 11 is 0. The lowest BCUT2D eigenvalue weighted by molar-refractivity contribution is 0.277. The zero-order valence-electron chi connectivity index (χ0n) is 18.7. The highest BCUT2D eigenvalue weighted by Crippen LogP contribution is 2.26. The Morgan fingerprint density at radius 3 is 1.23 bits per heavy atom. The number of methoxy groups -OCH3 is 2. The normalized spacial score (nSPS) is 7.68. The molecule has 0 bridgehead atoms. The predicted octanol–water partition coefficient (Wildman–Crippen LogP) is 6.87. The van der Waals surface area contributed by atoms with E-state index in [1.165, 1.54) is 0 Å². The third kappa shape index (κ3) is 16.7.